The van der Waals surface area contributed by atoms with E-state index in [1.165, 1.54) is 12.1 Å². The Bertz CT molecular complexity index is 698. The van der Waals surface area contributed by atoms with Crippen LogP contribution in [0.4, 0.5) is 4.39 Å². The first-order valence-electron chi connectivity index (χ1n) is 6.95. The summed E-state index contributed by atoms with van der Waals surface area (Å²) in [5.41, 5.74) is 2.79. The Balaban J connectivity index is 1.91. The molecule has 0 aliphatic carbocycles. The van der Waals surface area contributed by atoms with Crippen LogP contribution in [0.25, 0.3) is 0 Å². The predicted molar refractivity (Wildman–Crippen MR) is 85.1 cm³/mol. The van der Waals surface area contributed by atoms with Gasteiger partial charge in [0, 0.05) is 23.5 Å². The molecular formula is C17H15ClFN3. The standard InChI is InChI=1S/C17H15ClFN3/c18-14-5-1-3-12(9-14)17(13-4-2-6-15(19)10-13)20-11-16-7-8-21-22-16/h1-10,17,20H,11H2,(H,21,22)/t17-/m0/s1. The van der Waals surface area contributed by atoms with Crippen LogP contribution in [0.3, 0.4) is 0 Å². The first-order chi connectivity index (χ1) is 10.7. The number of nitrogens with one attached hydrogen (secondary N) is 2. The lowest BCUT2D eigenvalue weighted by atomic mass is 9.98. The average Bonchev–Trinajstić information content (AvgIpc) is 3.01. The van der Waals surface area contributed by atoms with Gasteiger partial charge in [-0.05, 0) is 41.5 Å². The zero-order valence-corrected chi connectivity index (χ0v) is 12.5. The number of nitrogens with zero attached hydrogens (tertiary/aromatic N) is 1. The molecule has 5 heteroatoms. The van der Waals surface area contributed by atoms with Gasteiger partial charge in [-0.2, -0.15) is 5.10 Å². The first-order valence-corrected chi connectivity index (χ1v) is 7.33. The third-order valence-corrected chi connectivity index (χ3v) is 3.65. The zero-order chi connectivity index (χ0) is 15.4. The molecule has 0 unspecified atom stereocenters. The van der Waals surface area contributed by atoms with Gasteiger partial charge >= 0.3 is 0 Å². The van der Waals surface area contributed by atoms with Crippen molar-refractivity contribution in [2.75, 3.05) is 0 Å². The van der Waals surface area contributed by atoms with Crippen LogP contribution >= 0.6 is 11.6 Å². The van der Waals surface area contributed by atoms with Gasteiger partial charge in [-0.25, -0.2) is 4.39 Å². The van der Waals surface area contributed by atoms with Gasteiger partial charge in [0.2, 0.25) is 0 Å². The van der Waals surface area contributed by atoms with Gasteiger partial charge in [-0.3, -0.25) is 5.10 Å². The van der Waals surface area contributed by atoms with Gasteiger partial charge in [-0.15, -0.1) is 0 Å². The second-order valence-electron chi connectivity index (χ2n) is 5.01. The van der Waals surface area contributed by atoms with Crippen LogP contribution in [-0.2, 0) is 6.54 Å². The van der Waals surface area contributed by atoms with Gasteiger partial charge in [0.15, 0.2) is 0 Å². The van der Waals surface area contributed by atoms with Gasteiger partial charge in [0.1, 0.15) is 5.82 Å². The largest absolute Gasteiger partial charge is 0.301 e. The molecule has 2 N–H and O–H groups in total. The Kier molecular flexibility index (Phi) is 4.51. The predicted octanol–water partition coefficient (Wildman–Crippen LogP) is 4.08. The molecule has 0 amide bonds. The number of rotatable bonds is 5. The SMILES string of the molecule is Fc1cccc([C@@H](NCc2ccn[nH]2)c2cccc(Cl)c2)c1. The Hall–Kier alpha value is -2.17. The highest BCUT2D eigenvalue weighted by Crippen LogP contribution is 2.25. The summed E-state index contributed by atoms with van der Waals surface area (Å²) < 4.78 is 13.6. The molecule has 3 aromatic rings. The second-order valence-corrected chi connectivity index (χ2v) is 5.44. The maximum Gasteiger partial charge on any atom is 0.123 e. The molecule has 112 valence electrons. The van der Waals surface area contributed by atoms with Gasteiger partial charge in [0.05, 0.1) is 6.04 Å². The molecule has 0 saturated heterocycles. The first kappa shape index (κ1) is 14.8. The molecule has 3 nitrogen and oxygen atoms in total. The van der Waals surface area contributed by atoms with E-state index >= 15 is 0 Å². The van der Waals surface area contributed by atoms with E-state index in [1.54, 1.807) is 12.3 Å². The molecule has 1 heterocycles. The van der Waals surface area contributed by atoms with Crippen LogP contribution in [0, 0.1) is 5.82 Å². The fraction of sp³-hybridized carbons (Fsp3) is 0.118. The molecule has 1 aromatic heterocycles. The Morgan fingerprint density at radius 3 is 2.55 bits per heavy atom. The molecule has 0 radical (unpaired) electrons. The Morgan fingerprint density at radius 1 is 1.09 bits per heavy atom. The molecular weight excluding hydrogens is 301 g/mol. The molecule has 1 atom stereocenters. The Labute approximate surface area is 133 Å². The maximum absolute atomic E-state index is 13.6. The Morgan fingerprint density at radius 2 is 1.86 bits per heavy atom. The van der Waals surface area contributed by atoms with Crippen molar-refractivity contribution in [1.29, 1.82) is 0 Å². The number of halogens is 2. The highest BCUT2D eigenvalue weighted by atomic mass is 35.5. The lowest BCUT2D eigenvalue weighted by Crippen LogP contribution is -2.22. The summed E-state index contributed by atoms with van der Waals surface area (Å²) >= 11 is 6.09. The molecule has 2 aromatic carbocycles. The lowest BCUT2D eigenvalue weighted by Gasteiger charge is -2.20. The molecule has 0 spiro atoms. The number of hydrogen-bond acceptors (Lipinski definition) is 2. The average molecular weight is 316 g/mol. The number of aromatic amines is 1. The second kappa shape index (κ2) is 6.73. The van der Waals surface area contributed by atoms with Crippen LogP contribution in [-0.4, -0.2) is 10.2 Å². The van der Waals surface area contributed by atoms with E-state index in [9.17, 15) is 4.39 Å². The van der Waals surface area contributed by atoms with E-state index in [1.807, 2.05) is 36.4 Å². The molecule has 0 fully saturated rings. The van der Waals surface area contributed by atoms with Crippen molar-refractivity contribution in [3.8, 4) is 0 Å². The monoisotopic (exact) mass is 315 g/mol. The third-order valence-electron chi connectivity index (χ3n) is 3.42. The summed E-state index contributed by atoms with van der Waals surface area (Å²) in [6.07, 6.45) is 1.70. The van der Waals surface area contributed by atoms with E-state index in [4.69, 9.17) is 11.6 Å². The van der Waals surface area contributed by atoms with Gasteiger partial charge in [0.25, 0.3) is 0 Å². The van der Waals surface area contributed by atoms with Crippen molar-refractivity contribution in [3.05, 3.63) is 88.5 Å². The molecule has 0 aliphatic rings. The summed E-state index contributed by atoms with van der Waals surface area (Å²) in [4.78, 5) is 0. The molecule has 3 rings (SSSR count). The fourth-order valence-corrected chi connectivity index (χ4v) is 2.59. The molecule has 22 heavy (non-hydrogen) atoms. The normalized spacial score (nSPS) is 12.3. The lowest BCUT2D eigenvalue weighted by molar-refractivity contribution is 0.583. The summed E-state index contributed by atoms with van der Waals surface area (Å²) in [5.74, 6) is -0.257. The van der Waals surface area contributed by atoms with Crippen LogP contribution in [0.1, 0.15) is 22.9 Å². The number of benzene rings is 2. The minimum atomic E-state index is -0.257. The maximum atomic E-state index is 13.6. The summed E-state index contributed by atoms with van der Waals surface area (Å²) in [7, 11) is 0. The highest BCUT2D eigenvalue weighted by molar-refractivity contribution is 6.30. The minimum absolute atomic E-state index is 0.155. The van der Waals surface area contributed by atoms with E-state index in [2.05, 4.69) is 15.5 Å². The minimum Gasteiger partial charge on any atom is -0.301 e. The smallest absolute Gasteiger partial charge is 0.123 e. The van der Waals surface area contributed by atoms with Crippen LogP contribution < -0.4 is 5.32 Å². The highest BCUT2D eigenvalue weighted by Gasteiger charge is 2.15. The number of H-pyrrole nitrogens is 1. The van der Waals surface area contributed by atoms with E-state index in [-0.39, 0.29) is 11.9 Å². The quantitative estimate of drug-likeness (QED) is 0.745. The van der Waals surface area contributed by atoms with E-state index < -0.39 is 0 Å². The summed E-state index contributed by atoms with van der Waals surface area (Å²) in [6, 6.07) is 15.9. The zero-order valence-electron chi connectivity index (χ0n) is 11.8. The van der Waals surface area contributed by atoms with E-state index in [0.717, 1.165) is 16.8 Å². The molecule has 0 bridgehead atoms. The van der Waals surface area contributed by atoms with Crippen LogP contribution in [0.2, 0.25) is 5.02 Å². The van der Waals surface area contributed by atoms with Crippen molar-refractivity contribution in [2.24, 2.45) is 0 Å². The van der Waals surface area contributed by atoms with Crippen LogP contribution in [0.15, 0.2) is 60.8 Å². The van der Waals surface area contributed by atoms with Crippen molar-refractivity contribution in [1.82, 2.24) is 15.5 Å². The molecule has 0 saturated carbocycles. The number of aromatic nitrogens is 2. The third kappa shape index (κ3) is 3.53. The van der Waals surface area contributed by atoms with Gasteiger partial charge < -0.3 is 5.32 Å². The topological polar surface area (TPSA) is 40.7 Å². The van der Waals surface area contributed by atoms with Gasteiger partial charge in [-0.1, -0.05) is 35.9 Å². The fourth-order valence-electron chi connectivity index (χ4n) is 2.40. The van der Waals surface area contributed by atoms with Crippen molar-refractivity contribution >= 4 is 11.6 Å². The van der Waals surface area contributed by atoms with Crippen molar-refractivity contribution < 1.29 is 4.39 Å². The van der Waals surface area contributed by atoms with Crippen molar-refractivity contribution in [2.45, 2.75) is 12.6 Å². The molecule has 0 aliphatic heterocycles. The van der Waals surface area contributed by atoms with Crippen LogP contribution in [0.5, 0.6) is 0 Å². The van der Waals surface area contributed by atoms with E-state index in [0.29, 0.717) is 11.6 Å². The van der Waals surface area contributed by atoms with Crippen molar-refractivity contribution in [3.63, 3.8) is 0 Å². The summed E-state index contributed by atoms with van der Waals surface area (Å²) in [6.45, 7) is 0.591. The summed E-state index contributed by atoms with van der Waals surface area (Å²) in [5, 5.41) is 10.9. The number of hydrogen-bond donors (Lipinski definition) is 2.